The molecular formula is C20H32N2O2. The molecule has 0 fully saturated rings. The zero-order valence-electron chi connectivity index (χ0n) is 15.4. The van der Waals surface area contributed by atoms with Crippen LogP contribution >= 0.6 is 0 Å². The van der Waals surface area contributed by atoms with Crippen molar-refractivity contribution in [2.24, 2.45) is 0 Å². The molecule has 134 valence electrons. The quantitative estimate of drug-likeness (QED) is 0.485. The van der Waals surface area contributed by atoms with Gasteiger partial charge in [-0.15, -0.1) is 0 Å². The highest BCUT2D eigenvalue weighted by molar-refractivity contribution is 6.39. The molecule has 1 rings (SSSR count). The molecule has 2 amide bonds. The molecule has 4 heteroatoms. The molecule has 0 unspecified atom stereocenters. The largest absolute Gasteiger partial charge is 0.348 e. The average Bonchev–Trinajstić information content (AvgIpc) is 2.57. The van der Waals surface area contributed by atoms with Crippen LogP contribution < -0.4 is 10.6 Å². The summed E-state index contributed by atoms with van der Waals surface area (Å²) >= 11 is 0. The van der Waals surface area contributed by atoms with Crippen molar-refractivity contribution in [2.75, 3.05) is 11.9 Å². The van der Waals surface area contributed by atoms with Crippen molar-refractivity contribution < 1.29 is 9.59 Å². The summed E-state index contributed by atoms with van der Waals surface area (Å²) in [5, 5.41) is 5.32. The molecule has 0 atom stereocenters. The first-order chi connectivity index (χ1) is 11.5. The third-order valence-corrected chi connectivity index (χ3v) is 4.11. The fourth-order valence-electron chi connectivity index (χ4n) is 2.50. The molecule has 0 radical (unpaired) electrons. The number of hydrogen-bond donors (Lipinski definition) is 2. The maximum Gasteiger partial charge on any atom is 0.313 e. The molecule has 0 saturated carbocycles. The van der Waals surface area contributed by atoms with Crippen LogP contribution in [0.2, 0.25) is 0 Å². The van der Waals surface area contributed by atoms with Gasteiger partial charge in [0.25, 0.3) is 0 Å². The van der Waals surface area contributed by atoms with Crippen LogP contribution in [-0.2, 0) is 9.59 Å². The van der Waals surface area contributed by atoms with Crippen LogP contribution in [0.5, 0.6) is 0 Å². The molecule has 0 heterocycles. The highest BCUT2D eigenvalue weighted by atomic mass is 16.2. The number of hydrogen-bond acceptors (Lipinski definition) is 2. The van der Waals surface area contributed by atoms with Gasteiger partial charge in [0.1, 0.15) is 0 Å². The second-order valence-corrected chi connectivity index (χ2v) is 6.61. The molecule has 0 spiro atoms. The van der Waals surface area contributed by atoms with Gasteiger partial charge in [-0.25, -0.2) is 0 Å². The lowest BCUT2D eigenvalue weighted by molar-refractivity contribution is -0.136. The third kappa shape index (κ3) is 8.14. The molecule has 24 heavy (non-hydrogen) atoms. The van der Waals surface area contributed by atoms with Gasteiger partial charge in [-0.05, 0) is 30.0 Å². The van der Waals surface area contributed by atoms with Crippen molar-refractivity contribution in [3.63, 3.8) is 0 Å². The fourth-order valence-corrected chi connectivity index (χ4v) is 2.50. The van der Waals surface area contributed by atoms with Crippen molar-refractivity contribution in [3.05, 3.63) is 29.8 Å². The van der Waals surface area contributed by atoms with E-state index in [0.717, 1.165) is 12.8 Å². The number of anilines is 1. The van der Waals surface area contributed by atoms with Gasteiger partial charge >= 0.3 is 11.8 Å². The Balaban J connectivity index is 2.19. The molecular weight excluding hydrogens is 300 g/mol. The van der Waals surface area contributed by atoms with Gasteiger partial charge < -0.3 is 10.6 Å². The van der Waals surface area contributed by atoms with Gasteiger partial charge in [-0.3, -0.25) is 9.59 Å². The Morgan fingerprint density at radius 3 is 2.04 bits per heavy atom. The molecule has 2 N–H and O–H groups in total. The van der Waals surface area contributed by atoms with E-state index in [-0.39, 0.29) is 0 Å². The Labute approximate surface area is 146 Å². The first-order valence-electron chi connectivity index (χ1n) is 9.23. The van der Waals surface area contributed by atoms with Crippen LogP contribution in [-0.4, -0.2) is 18.4 Å². The first kappa shape index (κ1) is 20.2. The predicted octanol–water partition coefficient (Wildman–Crippen LogP) is 4.62. The Morgan fingerprint density at radius 1 is 0.875 bits per heavy atom. The smallest absolute Gasteiger partial charge is 0.313 e. The standard InChI is InChI=1S/C20H32N2O2/c1-4-5-6-7-8-9-10-15-21-19(23)20(24)22-18-13-11-17(12-14-18)16(2)3/h11-14,16H,4-10,15H2,1-3H3,(H,21,23)(H,22,24). The normalized spacial score (nSPS) is 10.7. The van der Waals surface area contributed by atoms with Crippen molar-refractivity contribution in [1.82, 2.24) is 5.32 Å². The summed E-state index contributed by atoms with van der Waals surface area (Å²) in [5.74, 6) is -0.718. The van der Waals surface area contributed by atoms with Gasteiger partial charge in [-0.1, -0.05) is 71.4 Å². The van der Waals surface area contributed by atoms with Gasteiger partial charge in [-0.2, -0.15) is 0 Å². The van der Waals surface area contributed by atoms with Gasteiger partial charge in [0.05, 0.1) is 0 Å². The molecule has 0 aliphatic carbocycles. The minimum Gasteiger partial charge on any atom is -0.348 e. The molecule has 0 aliphatic rings. The SMILES string of the molecule is CCCCCCCCCNC(=O)C(=O)Nc1ccc(C(C)C)cc1. The van der Waals surface area contributed by atoms with Crippen LogP contribution in [0.4, 0.5) is 5.69 Å². The summed E-state index contributed by atoms with van der Waals surface area (Å²) in [6.07, 6.45) is 8.33. The van der Waals surface area contributed by atoms with Gasteiger partial charge in [0, 0.05) is 12.2 Å². The lowest BCUT2D eigenvalue weighted by atomic mass is 10.0. The molecule has 1 aromatic carbocycles. The number of carbonyl (C=O) groups excluding carboxylic acids is 2. The van der Waals surface area contributed by atoms with Crippen LogP contribution in [0.1, 0.15) is 77.2 Å². The molecule has 0 bridgehead atoms. The van der Waals surface area contributed by atoms with Crippen molar-refractivity contribution in [1.29, 1.82) is 0 Å². The number of rotatable bonds is 10. The number of benzene rings is 1. The molecule has 1 aromatic rings. The maximum atomic E-state index is 11.8. The van der Waals surface area contributed by atoms with Crippen LogP contribution in [0, 0.1) is 0 Å². The van der Waals surface area contributed by atoms with Crippen LogP contribution in [0.25, 0.3) is 0 Å². The number of unbranched alkanes of at least 4 members (excludes halogenated alkanes) is 6. The van der Waals surface area contributed by atoms with E-state index in [4.69, 9.17) is 0 Å². The Bertz CT molecular complexity index is 495. The average molecular weight is 332 g/mol. The molecule has 0 aliphatic heterocycles. The van der Waals surface area contributed by atoms with E-state index in [0.29, 0.717) is 18.2 Å². The number of nitrogens with one attached hydrogen (secondary N) is 2. The Hall–Kier alpha value is -1.84. The zero-order chi connectivity index (χ0) is 17.8. The summed E-state index contributed by atoms with van der Waals surface area (Å²) in [6.45, 7) is 7.00. The maximum absolute atomic E-state index is 11.8. The minimum atomic E-state index is -0.602. The summed E-state index contributed by atoms with van der Waals surface area (Å²) in [4.78, 5) is 23.6. The lowest BCUT2D eigenvalue weighted by Crippen LogP contribution is -2.35. The van der Waals surface area contributed by atoms with Gasteiger partial charge in [0.15, 0.2) is 0 Å². The highest BCUT2D eigenvalue weighted by Gasteiger charge is 2.12. The van der Waals surface area contributed by atoms with E-state index in [1.807, 2.05) is 24.3 Å². The van der Waals surface area contributed by atoms with Gasteiger partial charge in [0.2, 0.25) is 0 Å². The van der Waals surface area contributed by atoms with E-state index in [2.05, 4.69) is 31.4 Å². The van der Waals surface area contributed by atoms with Crippen LogP contribution in [0.15, 0.2) is 24.3 Å². The molecule has 0 aromatic heterocycles. The van der Waals surface area contributed by atoms with E-state index in [1.54, 1.807) is 0 Å². The zero-order valence-corrected chi connectivity index (χ0v) is 15.4. The van der Waals surface area contributed by atoms with Crippen LogP contribution in [0.3, 0.4) is 0 Å². The predicted molar refractivity (Wildman–Crippen MR) is 100 cm³/mol. The van der Waals surface area contributed by atoms with E-state index < -0.39 is 11.8 Å². The third-order valence-electron chi connectivity index (χ3n) is 4.11. The Kier molecular flexibility index (Phi) is 9.81. The number of amides is 2. The Morgan fingerprint density at radius 2 is 1.46 bits per heavy atom. The fraction of sp³-hybridized carbons (Fsp3) is 0.600. The summed E-state index contributed by atoms with van der Waals surface area (Å²) in [6, 6.07) is 7.60. The first-order valence-corrected chi connectivity index (χ1v) is 9.23. The summed E-state index contributed by atoms with van der Waals surface area (Å²) in [5.41, 5.74) is 1.85. The van der Waals surface area contributed by atoms with Crippen molar-refractivity contribution in [2.45, 2.75) is 71.6 Å². The number of carbonyl (C=O) groups is 2. The summed E-state index contributed by atoms with van der Waals surface area (Å²) in [7, 11) is 0. The lowest BCUT2D eigenvalue weighted by Gasteiger charge is -2.09. The molecule has 4 nitrogen and oxygen atoms in total. The minimum absolute atomic E-state index is 0.444. The van der Waals surface area contributed by atoms with Crippen molar-refractivity contribution >= 4 is 17.5 Å². The summed E-state index contributed by atoms with van der Waals surface area (Å²) < 4.78 is 0. The van der Waals surface area contributed by atoms with Crippen molar-refractivity contribution in [3.8, 4) is 0 Å². The topological polar surface area (TPSA) is 58.2 Å². The van der Waals surface area contributed by atoms with E-state index in [1.165, 1.54) is 37.7 Å². The second-order valence-electron chi connectivity index (χ2n) is 6.61. The monoisotopic (exact) mass is 332 g/mol. The van der Waals surface area contributed by atoms with E-state index >= 15 is 0 Å². The highest BCUT2D eigenvalue weighted by Crippen LogP contribution is 2.17. The molecule has 0 saturated heterocycles. The van der Waals surface area contributed by atoms with E-state index in [9.17, 15) is 9.59 Å². The second kappa shape index (κ2) is 11.7.